The van der Waals surface area contributed by atoms with E-state index < -0.39 is 0 Å². The Balaban J connectivity index is 2.16. The molecule has 0 aliphatic carbocycles. The highest BCUT2D eigenvalue weighted by atomic mass is 28.2. The molecule has 1 aromatic carbocycles. The van der Waals surface area contributed by atoms with Crippen molar-refractivity contribution in [1.29, 1.82) is 0 Å². The third kappa shape index (κ3) is 3.69. The summed E-state index contributed by atoms with van der Waals surface area (Å²) in [5, 5.41) is 0. The van der Waals surface area contributed by atoms with Gasteiger partial charge in [0, 0.05) is 9.52 Å². The summed E-state index contributed by atoms with van der Waals surface area (Å²) >= 11 is 0. The zero-order valence-corrected chi connectivity index (χ0v) is 8.91. The number of hydrogen-bond acceptors (Lipinski definition) is 1. The van der Waals surface area contributed by atoms with Gasteiger partial charge in [-0.2, -0.15) is 0 Å². The van der Waals surface area contributed by atoms with Crippen molar-refractivity contribution in [2.45, 2.75) is 18.5 Å². The van der Waals surface area contributed by atoms with Crippen LogP contribution in [0.1, 0.15) is 12.0 Å². The third-order valence-electron chi connectivity index (χ3n) is 2.01. The van der Waals surface area contributed by atoms with Crippen LogP contribution < -0.4 is 5.73 Å². The van der Waals surface area contributed by atoms with Gasteiger partial charge in [0.1, 0.15) is 0 Å². The van der Waals surface area contributed by atoms with E-state index in [1.165, 1.54) is 24.1 Å². The van der Waals surface area contributed by atoms with Crippen molar-refractivity contribution in [2.75, 3.05) is 6.54 Å². The van der Waals surface area contributed by atoms with Crippen LogP contribution in [-0.2, 0) is 6.04 Å². The first-order valence-electron chi connectivity index (χ1n) is 4.67. The Kier molecular flexibility index (Phi) is 4.72. The van der Waals surface area contributed by atoms with Crippen LogP contribution in [0.25, 0.3) is 0 Å². The molecule has 0 spiro atoms. The van der Waals surface area contributed by atoms with E-state index in [9.17, 15) is 0 Å². The molecule has 2 heteroatoms. The van der Waals surface area contributed by atoms with Gasteiger partial charge in [0.15, 0.2) is 0 Å². The van der Waals surface area contributed by atoms with E-state index in [-0.39, 0.29) is 9.52 Å². The molecule has 0 amide bonds. The molecule has 2 N–H and O–H groups in total. The fourth-order valence-corrected chi connectivity index (χ4v) is 2.93. The number of hydrogen-bond donors (Lipinski definition) is 1. The van der Waals surface area contributed by atoms with Gasteiger partial charge in [-0.05, 0) is 19.0 Å². The smallest absolute Gasteiger partial charge is 0.0248 e. The van der Waals surface area contributed by atoms with E-state index in [0.29, 0.717) is 0 Å². The highest BCUT2D eigenvalue weighted by molar-refractivity contribution is 6.34. The summed E-state index contributed by atoms with van der Waals surface area (Å²) in [6.45, 7) is 0.863. The Morgan fingerprint density at radius 1 is 1.17 bits per heavy atom. The molecule has 0 fully saturated rings. The predicted molar refractivity (Wildman–Crippen MR) is 57.2 cm³/mol. The average Bonchev–Trinajstić information content (AvgIpc) is 2.14. The van der Waals surface area contributed by atoms with Crippen molar-refractivity contribution in [3.63, 3.8) is 0 Å². The number of benzene rings is 1. The second-order valence-electron chi connectivity index (χ2n) is 3.08. The Labute approximate surface area is 76.8 Å². The number of rotatable bonds is 5. The van der Waals surface area contributed by atoms with Gasteiger partial charge < -0.3 is 5.73 Å². The fraction of sp³-hybridized carbons (Fsp3) is 0.400. The summed E-state index contributed by atoms with van der Waals surface area (Å²) < 4.78 is 0. The van der Waals surface area contributed by atoms with Gasteiger partial charge in [0.25, 0.3) is 0 Å². The quantitative estimate of drug-likeness (QED) is 0.532. The minimum absolute atomic E-state index is 0.122. The van der Waals surface area contributed by atoms with Gasteiger partial charge in [-0.15, -0.1) is 0 Å². The van der Waals surface area contributed by atoms with Crippen molar-refractivity contribution in [1.82, 2.24) is 0 Å². The minimum atomic E-state index is 0.122. The Morgan fingerprint density at radius 3 is 2.58 bits per heavy atom. The van der Waals surface area contributed by atoms with Gasteiger partial charge in [-0.3, -0.25) is 0 Å². The van der Waals surface area contributed by atoms with Crippen molar-refractivity contribution >= 4 is 9.52 Å². The largest absolute Gasteiger partial charge is 0.330 e. The topological polar surface area (TPSA) is 26.0 Å². The molecule has 1 aromatic rings. The molecule has 1 rings (SSSR count). The Morgan fingerprint density at radius 2 is 1.92 bits per heavy atom. The third-order valence-corrected chi connectivity index (χ3v) is 3.94. The van der Waals surface area contributed by atoms with Crippen molar-refractivity contribution in [3.8, 4) is 0 Å². The summed E-state index contributed by atoms with van der Waals surface area (Å²) in [6.07, 6.45) is 1.22. The Bertz CT molecular complexity index is 198. The van der Waals surface area contributed by atoms with E-state index in [2.05, 4.69) is 30.3 Å². The maximum Gasteiger partial charge on any atom is 0.0248 e. The van der Waals surface area contributed by atoms with Gasteiger partial charge in [0.05, 0.1) is 0 Å². The van der Waals surface area contributed by atoms with Crippen LogP contribution >= 0.6 is 0 Å². The lowest BCUT2D eigenvalue weighted by molar-refractivity contribution is 0.922. The fourth-order valence-electron chi connectivity index (χ4n) is 1.29. The van der Waals surface area contributed by atoms with E-state index in [0.717, 1.165) is 6.54 Å². The van der Waals surface area contributed by atoms with Crippen LogP contribution in [0.4, 0.5) is 0 Å². The molecule has 0 heterocycles. The zero-order chi connectivity index (χ0) is 8.65. The van der Waals surface area contributed by atoms with E-state index in [4.69, 9.17) is 5.73 Å². The maximum atomic E-state index is 5.43. The Hall–Kier alpha value is -0.603. The molecule has 0 saturated heterocycles. The van der Waals surface area contributed by atoms with Gasteiger partial charge in [0.2, 0.25) is 0 Å². The summed E-state index contributed by atoms with van der Waals surface area (Å²) in [6, 6.07) is 13.5. The lowest BCUT2D eigenvalue weighted by Gasteiger charge is -1.98. The summed E-state index contributed by atoms with van der Waals surface area (Å²) in [5.41, 5.74) is 6.93. The van der Waals surface area contributed by atoms with Gasteiger partial charge in [-0.1, -0.05) is 41.9 Å². The second-order valence-corrected chi connectivity index (χ2v) is 5.00. The molecule has 0 aromatic heterocycles. The van der Waals surface area contributed by atoms with Gasteiger partial charge >= 0.3 is 0 Å². The predicted octanol–water partition coefficient (Wildman–Crippen LogP) is 1.12. The molecule has 0 aliphatic heterocycles. The zero-order valence-electron chi connectivity index (χ0n) is 7.50. The first kappa shape index (κ1) is 9.48. The molecule has 0 unspecified atom stereocenters. The molecule has 0 aliphatic rings. The summed E-state index contributed by atoms with van der Waals surface area (Å²) in [4.78, 5) is 0. The second kappa shape index (κ2) is 5.97. The highest BCUT2D eigenvalue weighted by Crippen LogP contribution is 1.99. The number of nitrogens with two attached hydrogens (primary N) is 1. The molecule has 0 atom stereocenters. The van der Waals surface area contributed by atoms with Crippen LogP contribution in [0.3, 0.4) is 0 Å². The molecule has 0 bridgehead atoms. The van der Waals surface area contributed by atoms with Crippen LogP contribution in [-0.4, -0.2) is 16.1 Å². The molecule has 0 radical (unpaired) electrons. The molecule has 12 heavy (non-hydrogen) atoms. The summed E-state index contributed by atoms with van der Waals surface area (Å²) in [5.74, 6) is 0. The van der Waals surface area contributed by atoms with Crippen LogP contribution in [0.5, 0.6) is 0 Å². The van der Waals surface area contributed by atoms with Crippen molar-refractivity contribution in [3.05, 3.63) is 35.9 Å². The monoisotopic (exact) mass is 179 g/mol. The van der Waals surface area contributed by atoms with E-state index in [1.54, 1.807) is 0 Å². The van der Waals surface area contributed by atoms with E-state index >= 15 is 0 Å². The van der Waals surface area contributed by atoms with Crippen molar-refractivity contribution < 1.29 is 0 Å². The van der Waals surface area contributed by atoms with Crippen LogP contribution in [0.15, 0.2) is 30.3 Å². The summed E-state index contributed by atoms with van der Waals surface area (Å²) in [7, 11) is 0.122. The normalized spacial score (nSPS) is 11.1. The molecule has 0 saturated carbocycles. The minimum Gasteiger partial charge on any atom is -0.330 e. The van der Waals surface area contributed by atoms with E-state index in [1.807, 2.05) is 0 Å². The lowest BCUT2D eigenvalue weighted by Crippen LogP contribution is -2.02. The molecule has 1 nitrogen and oxygen atoms in total. The molecule has 66 valence electrons. The lowest BCUT2D eigenvalue weighted by atomic mass is 10.2. The first-order valence-corrected chi connectivity index (χ1v) is 6.67. The first-order chi connectivity index (χ1) is 5.93. The van der Waals surface area contributed by atoms with Crippen LogP contribution in [0.2, 0.25) is 6.04 Å². The van der Waals surface area contributed by atoms with Crippen LogP contribution in [0, 0.1) is 0 Å². The maximum absolute atomic E-state index is 5.43. The van der Waals surface area contributed by atoms with Crippen molar-refractivity contribution in [2.24, 2.45) is 5.73 Å². The average molecular weight is 179 g/mol. The molecular weight excluding hydrogens is 162 g/mol. The standard InChI is InChI=1S/C10H17NSi/c11-7-4-8-12-9-10-5-2-1-3-6-10/h1-3,5-6H,4,7-9,11-12H2. The van der Waals surface area contributed by atoms with Gasteiger partial charge in [-0.25, -0.2) is 0 Å². The highest BCUT2D eigenvalue weighted by Gasteiger charge is 1.91. The SMILES string of the molecule is NCCC[SiH2]Cc1ccccc1. The molecular formula is C10H17NSi.